The minimum atomic E-state index is -3.58. The molecule has 0 aliphatic carbocycles. The van der Waals surface area contributed by atoms with Crippen LogP contribution in [-0.4, -0.2) is 45.5 Å². The van der Waals surface area contributed by atoms with Crippen LogP contribution in [0.15, 0.2) is 23.1 Å². The largest absolute Gasteiger partial charge is 0.495 e. The molecule has 0 amide bonds. The fourth-order valence-corrected chi connectivity index (χ4v) is 4.05. The summed E-state index contributed by atoms with van der Waals surface area (Å²) in [6.07, 6.45) is 0. The Kier molecular flexibility index (Phi) is 4.35. The third-order valence-electron chi connectivity index (χ3n) is 3.07. The molecule has 1 atom stereocenters. The Morgan fingerprint density at radius 3 is 2.84 bits per heavy atom. The van der Waals surface area contributed by atoms with Gasteiger partial charge < -0.3 is 10.1 Å². The van der Waals surface area contributed by atoms with Crippen LogP contribution in [0.3, 0.4) is 0 Å². The van der Waals surface area contributed by atoms with Gasteiger partial charge in [0.1, 0.15) is 10.6 Å². The number of sulfonamides is 1. The Hall–Kier alpha value is -0.820. The third-order valence-corrected chi connectivity index (χ3v) is 5.20. The molecule has 1 aromatic carbocycles. The van der Waals surface area contributed by atoms with Crippen molar-refractivity contribution in [2.24, 2.45) is 0 Å². The predicted octanol–water partition coefficient (Wildman–Crippen LogP) is 1.33. The number of hydrogen-bond donors (Lipinski definition) is 1. The zero-order valence-electron chi connectivity index (χ0n) is 10.9. The number of ether oxygens (including phenoxy) is 1. The van der Waals surface area contributed by atoms with Crippen molar-refractivity contribution >= 4 is 21.6 Å². The Balaban J connectivity index is 2.41. The normalized spacial score (nSPS) is 21.3. The summed E-state index contributed by atoms with van der Waals surface area (Å²) in [5, 5.41) is 3.59. The van der Waals surface area contributed by atoms with Gasteiger partial charge in [-0.2, -0.15) is 4.31 Å². The fourth-order valence-electron chi connectivity index (χ4n) is 2.11. The van der Waals surface area contributed by atoms with Gasteiger partial charge in [-0.15, -0.1) is 0 Å². The Bertz CT molecular complexity index is 562. The second kappa shape index (κ2) is 5.66. The van der Waals surface area contributed by atoms with Gasteiger partial charge in [-0.05, 0) is 25.1 Å². The molecular formula is C12H17ClN2O3S. The van der Waals surface area contributed by atoms with Crippen LogP contribution >= 0.6 is 11.6 Å². The van der Waals surface area contributed by atoms with Crippen molar-refractivity contribution < 1.29 is 13.2 Å². The van der Waals surface area contributed by atoms with Crippen molar-refractivity contribution in [3.63, 3.8) is 0 Å². The van der Waals surface area contributed by atoms with E-state index in [-0.39, 0.29) is 10.9 Å². The number of piperazine rings is 1. The zero-order chi connectivity index (χ0) is 14.0. The Morgan fingerprint density at radius 1 is 1.47 bits per heavy atom. The molecule has 5 nitrogen and oxygen atoms in total. The summed E-state index contributed by atoms with van der Waals surface area (Å²) in [7, 11) is -2.13. The summed E-state index contributed by atoms with van der Waals surface area (Å²) in [5.74, 6) is 0.315. The maximum absolute atomic E-state index is 12.6. The minimum Gasteiger partial charge on any atom is -0.495 e. The van der Waals surface area contributed by atoms with Crippen molar-refractivity contribution in [2.75, 3.05) is 26.7 Å². The van der Waals surface area contributed by atoms with E-state index in [1.54, 1.807) is 12.1 Å². The maximum Gasteiger partial charge on any atom is 0.246 e. The summed E-state index contributed by atoms with van der Waals surface area (Å²) in [6, 6.07) is 4.75. The summed E-state index contributed by atoms with van der Waals surface area (Å²) < 4.78 is 31.8. The van der Waals surface area contributed by atoms with E-state index in [1.807, 2.05) is 6.92 Å². The molecule has 1 N–H and O–H groups in total. The molecular weight excluding hydrogens is 288 g/mol. The predicted molar refractivity (Wildman–Crippen MR) is 74.2 cm³/mol. The Labute approximate surface area is 118 Å². The van der Waals surface area contributed by atoms with Crippen LogP contribution in [0.2, 0.25) is 5.02 Å². The lowest BCUT2D eigenvalue weighted by Gasteiger charge is -2.31. The number of methoxy groups -OCH3 is 1. The van der Waals surface area contributed by atoms with Crippen molar-refractivity contribution in [2.45, 2.75) is 17.9 Å². The average molecular weight is 305 g/mol. The first-order valence-corrected chi connectivity index (χ1v) is 7.84. The van der Waals surface area contributed by atoms with E-state index in [1.165, 1.54) is 17.5 Å². The number of rotatable bonds is 3. The molecule has 0 aromatic heterocycles. The van der Waals surface area contributed by atoms with Gasteiger partial charge in [-0.1, -0.05) is 11.6 Å². The molecule has 0 bridgehead atoms. The van der Waals surface area contributed by atoms with Crippen LogP contribution < -0.4 is 10.1 Å². The van der Waals surface area contributed by atoms with Gasteiger partial charge in [-0.3, -0.25) is 0 Å². The molecule has 1 unspecified atom stereocenters. The zero-order valence-corrected chi connectivity index (χ0v) is 12.5. The molecule has 0 spiro atoms. The van der Waals surface area contributed by atoms with Crippen LogP contribution in [0.5, 0.6) is 5.75 Å². The number of halogens is 1. The van der Waals surface area contributed by atoms with Crippen LogP contribution in [-0.2, 0) is 10.0 Å². The first-order chi connectivity index (χ1) is 8.95. The van der Waals surface area contributed by atoms with Crippen molar-refractivity contribution in [1.82, 2.24) is 9.62 Å². The van der Waals surface area contributed by atoms with Crippen molar-refractivity contribution in [3.05, 3.63) is 23.2 Å². The fraction of sp³-hybridized carbons (Fsp3) is 0.500. The van der Waals surface area contributed by atoms with Gasteiger partial charge in [0.15, 0.2) is 0 Å². The number of hydrogen-bond acceptors (Lipinski definition) is 4. The van der Waals surface area contributed by atoms with Crippen LogP contribution in [0.1, 0.15) is 6.92 Å². The molecule has 0 radical (unpaired) electrons. The van der Waals surface area contributed by atoms with Crippen molar-refractivity contribution in [1.29, 1.82) is 0 Å². The molecule has 0 saturated carbocycles. The smallest absolute Gasteiger partial charge is 0.246 e. The van der Waals surface area contributed by atoms with Gasteiger partial charge in [0, 0.05) is 30.7 Å². The molecule has 106 valence electrons. The van der Waals surface area contributed by atoms with Gasteiger partial charge >= 0.3 is 0 Å². The molecule has 1 fully saturated rings. The topological polar surface area (TPSA) is 58.6 Å². The highest BCUT2D eigenvalue weighted by molar-refractivity contribution is 7.89. The Morgan fingerprint density at radius 2 is 2.21 bits per heavy atom. The second-order valence-electron chi connectivity index (χ2n) is 4.51. The molecule has 7 heteroatoms. The highest BCUT2D eigenvalue weighted by Gasteiger charge is 2.30. The molecule has 1 aliphatic rings. The average Bonchev–Trinajstić information content (AvgIpc) is 2.38. The number of nitrogens with one attached hydrogen (secondary N) is 1. The quantitative estimate of drug-likeness (QED) is 0.915. The van der Waals surface area contributed by atoms with E-state index >= 15 is 0 Å². The van der Waals surface area contributed by atoms with E-state index < -0.39 is 10.0 Å². The minimum absolute atomic E-state index is 0.122. The van der Waals surface area contributed by atoms with Gasteiger partial charge in [-0.25, -0.2) is 8.42 Å². The third kappa shape index (κ3) is 3.02. The molecule has 1 heterocycles. The number of benzene rings is 1. The lowest BCUT2D eigenvalue weighted by atomic mass is 10.3. The molecule has 19 heavy (non-hydrogen) atoms. The van der Waals surface area contributed by atoms with Gasteiger partial charge in [0.25, 0.3) is 0 Å². The van der Waals surface area contributed by atoms with Crippen LogP contribution in [0, 0.1) is 0 Å². The lowest BCUT2D eigenvalue weighted by molar-refractivity contribution is 0.308. The maximum atomic E-state index is 12.6. The first-order valence-electron chi connectivity index (χ1n) is 6.02. The van der Waals surface area contributed by atoms with Gasteiger partial charge in [0.2, 0.25) is 10.0 Å². The second-order valence-corrected chi connectivity index (χ2v) is 6.86. The molecule has 2 rings (SSSR count). The van der Waals surface area contributed by atoms with E-state index in [0.717, 1.165) is 0 Å². The summed E-state index contributed by atoms with van der Waals surface area (Å²) >= 11 is 5.90. The van der Waals surface area contributed by atoms with E-state index in [9.17, 15) is 8.42 Å². The summed E-state index contributed by atoms with van der Waals surface area (Å²) in [6.45, 7) is 3.49. The highest BCUT2D eigenvalue weighted by Crippen LogP contribution is 2.29. The molecule has 1 aromatic rings. The first kappa shape index (κ1) is 14.6. The molecule has 1 aliphatic heterocycles. The van der Waals surface area contributed by atoms with E-state index in [2.05, 4.69) is 5.32 Å². The van der Waals surface area contributed by atoms with Gasteiger partial charge in [0.05, 0.1) is 7.11 Å². The van der Waals surface area contributed by atoms with E-state index in [0.29, 0.717) is 30.4 Å². The standard InChI is InChI=1S/C12H17ClN2O3S/c1-9-8-15(6-5-14-9)19(16,17)12-7-10(13)3-4-11(12)18-2/h3-4,7,9,14H,5-6,8H2,1-2H3. The highest BCUT2D eigenvalue weighted by atomic mass is 35.5. The van der Waals surface area contributed by atoms with E-state index in [4.69, 9.17) is 16.3 Å². The van der Waals surface area contributed by atoms with Crippen molar-refractivity contribution in [3.8, 4) is 5.75 Å². The lowest BCUT2D eigenvalue weighted by Crippen LogP contribution is -2.51. The SMILES string of the molecule is COc1ccc(Cl)cc1S(=O)(=O)N1CCNC(C)C1. The number of nitrogens with zero attached hydrogens (tertiary/aromatic N) is 1. The molecule has 1 saturated heterocycles. The van der Waals surface area contributed by atoms with Crippen LogP contribution in [0.25, 0.3) is 0 Å². The monoisotopic (exact) mass is 304 g/mol. The summed E-state index contributed by atoms with van der Waals surface area (Å²) in [4.78, 5) is 0.122. The van der Waals surface area contributed by atoms with Crippen LogP contribution in [0.4, 0.5) is 0 Å². The summed E-state index contributed by atoms with van der Waals surface area (Å²) in [5.41, 5.74) is 0.